The molecule has 4 fully saturated rings. The van der Waals surface area contributed by atoms with E-state index in [1.165, 1.54) is 228 Å². The summed E-state index contributed by atoms with van der Waals surface area (Å²) in [6.07, 6.45) is 9.45. The number of hydrogen-bond acceptors (Lipinski definition) is 4. The molecular formula is C106H98N4. The van der Waals surface area contributed by atoms with Crippen LogP contribution in [0.2, 0.25) is 0 Å². The Bertz CT molecular complexity index is 5660. The molecule has 8 atom stereocenters. The smallest absolute Gasteiger partial charge is 0.0543 e. The zero-order valence-corrected chi connectivity index (χ0v) is 66.0. The minimum atomic E-state index is -0.0808. The molecule has 8 aliphatic rings. The highest BCUT2D eigenvalue weighted by atomic mass is 15.3. The molecule has 15 aromatic rings. The SMILES string of the molecule is CC1(C)CCC2c3cc(-c4ccc5c6cc7c(cc6c6ccc(-c8ccc9c(c8)C8CCC(C)(C)C8(C)N9c8ccccc8)c4c56)c4ccc(-c5ccc6c(c5)C5CCC(C)(C)C5(C)N6c5ccccc5)c5c(-c6ccc8c(c6)C6CCC(C)(C)C6(C)N8c6ccccc6)ccc7c54)ccc3N(c3ccccc3)C21C. The van der Waals surface area contributed by atoms with E-state index in [2.05, 4.69) is 357 Å². The Labute approximate surface area is 649 Å². The third kappa shape index (κ3) is 7.99. The van der Waals surface area contributed by atoms with Gasteiger partial charge in [-0.05, 0) is 341 Å². The molecular weight excluding hydrogens is 1330 g/mol. The molecule has 4 aliphatic heterocycles. The summed E-state index contributed by atoms with van der Waals surface area (Å²) >= 11 is 0. The fourth-order valence-electron chi connectivity index (χ4n) is 25.8. The molecule has 0 N–H and O–H groups in total. The van der Waals surface area contributed by atoms with Crippen LogP contribution in [0.15, 0.2) is 255 Å². The van der Waals surface area contributed by atoms with Crippen molar-refractivity contribution < 1.29 is 0 Å². The summed E-state index contributed by atoms with van der Waals surface area (Å²) in [6, 6.07) is 101. The minimum Gasteiger partial charge on any atom is -0.334 e. The standard InChI is InChI=1S/C106H98N4/c1-99(2)53-49-87-83-57-63(33-45-91(83)107(103(87,99)9)67-25-17-13-18-26-67)71-37-41-75-79-61-81-77-43-39-73(65-35-47-93-85(59-65)89-51-55-101(5,6)105(89,11)109(93)69-29-21-15-22-30-69)96-74(66-36-48-94-86(60-66)90-52-56-102(7,8)106(90,12)110(94)70-31-23-16-24-32-70)40-44-78(98(77)96)82(81)62-80(79)76-42-38-72(95(71)97(75)76)64-34-46-92-84(58-64)88-50-54-100(3,4)104(88,10)108(92)68-27-19-14-20-28-68/h13-48,57-62,87-90H,49-56H2,1-12H3. The highest BCUT2D eigenvalue weighted by Gasteiger charge is 2.65. The first-order valence-corrected chi connectivity index (χ1v) is 41.4. The number of benzene rings is 13. The minimum absolute atomic E-state index is 0.0808. The second-order valence-electron chi connectivity index (χ2n) is 38.4. The van der Waals surface area contributed by atoms with Gasteiger partial charge in [0.2, 0.25) is 0 Å². The summed E-state index contributed by atoms with van der Waals surface area (Å²) in [4.78, 5) is 10.9. The quantitative estimate of drug-likeness (QED) is 0.150. The molecule has 0 amide bonds. The van der Waals surface area contributed by atoms with Crippen LogP contribution in [0.25, 0.3) is 109 Å². The van der Waals surface area contributed by atoms with Crippen LogP contribution in [0.4, 0.5) is 45.5 Å². The summed E-state index contributed by atoms with van der Waals surface area (Å²) < 4.78 is 0. The van der Waals surface area contributed by atoms with Gasteiger partial charge in [-0.3, -0.25) is 0 Å². The number of nitrogens with zero attached hydrogens (tertiary/aromatic N) is 4. The molecule has 4 heterocycles. The zero-order chi connectivity index (χ0) is 74.4. The molecule has 15 aromatic carbocycles. The fraction of sp³-hybridized carbons (Fsp3) is 0.302. The average molecular weight is 1430 g/mol. The Morgan fingerprint density at radius 3 is 0.655 bits per heavy atom. The Kier molecular flexibility index (Phi) is 13.0. The molecule has 0 bridgehead atoms. The van der Waals surface area contributed by atoms with Gasteiger partial charge in [0.1, 0.15) is 0 Å². The van der Waals surface area contributed by atoms with Gasteiger partial charge < -0.3 is 19.6 Å². The van der Waals surface area contributed by atoms with E-state index in [4.69, 9.17) is 0 Å². The van der Waals surface area contributed by atoms with Crippen LogP contribution in [0.3, 0.4) is 0 Å². The van der Waals surface area contributed by atoms with Crippen molar-refractivity contribution in [2.24, 2.45) is 21.7 Å². The van der Waals surface area contributed by atoms with Crippen molar-refractivity contribution in [3.63, 3.8) is 0 Å². The summed E-state index contributed by atoms with van der Waals surface area (Å²) in [5.41, 5.74) is 27.1. The van der Waals surface area contributed by atoms with Crippen LogP contribution in [-0.2, 0) is 0 Å². The second kappa shape index (κ2) is 21.8. The van der Waals surface area contributed by atoms with Crippen molar-refractivity contribution in [2.75, 3.05) is 19.6 Å². The van der Waals surface area contributed by atoms with E-state index >= 15 is 0 Å². The Balaban J connectivity index is 0.750. The third-order valence-electron chi connectivity index (χ3n) is 32.8. The van der Waals surface area contributed by atoms with Crippen LogP contribution >= 0.6 is 0 Å². The first kappa shape index (κ1) is 65.5. The highest BCUT2D eigenvalue weighted by Crippen LogP contribution is 2.71. The molecule has 0 spiro atoms. The highest BCUT2D eigenvalue weighted by molar-refractivity contribution is 6.40. The molecule has 0 aromatic heterocycles. The number of rotatable bonds is 8. The lowest BCUT2D eigenvalue weighted by Gasteiger charge is -2.47. The lowest BCUT2D eigenvalue weighted by atomic mass is 9.72. The molecule has 23 rings (SSSR count). The van der Waals surface area contributed by atoms with Gasteiger partial charge in [-0.1, -0.05) is 201 Å². The van der Waals surface area contributed by atoms with E-state index in [0.29, 0.717) is 23.7 Å². The van der Waals surface area contributed by atoms with Gasteiger partial charge in [-0.2, -0.15) is 0 Å². The van der Waals surface area contributed by atoms with E-state index in [-0.39, 0.29) is 43.8 Å². The molecule has 4 nitrogen and oxygen atoms in total. The third-order valence-corrected chi connectivity index (χ3v) is 32.8. The maximum absolute atomic E-state index is 2.73. The van der Waals surface area contributed by atoms with Crippen molar-refractivity contribution in [1.82, 2.24) is 0 Å². The summed E-state index contributed by atoms with van der Waals surface area (Å²) in [5.74, 6) is 1.59. The first-order valence-electron chi connectivity index (χ1n) is 41.4. The van der Waals surface area contributed by atoms with Crippen molar-refractivity contribution in [3.05, 3.63) is 277 Å². The molecule has 4 heteroatoms. The predicted octanol–water partition coefficient (Wildman–Crippen LogP) is 29.4. The van der Waals surface area contributed by atoms with Crippen molar-refractivity contribution in [1.29, 1.82) is 0 Å². The Morgan fingerprint density at radius 2 is 0.436 bits per heavy atom. The van der Waals surface area contributed by atoms with E-state index in [1.807, 2.05) is 0 Å². The summed E-state index contributed by atoms with van der Waals surface area (Å²) in [5, 5.41) is 16.1. The van der Waals surface area contributed by atoms with Crippen molar-refractivity contribution >= 4 is 110 Å². The predicted molar refractivity (Wildman–Crippen MR) is 467 cm³/mol. The van der Waals surface area contributed by atoms with Crippen molar-refractivity contribution in [3.8, 4) is 44.5 Å². The Morgan fingerprint density at radius 1 is 0.218 bits per heavy atom. The van der Waals surface area contributed by atoms with Gasteiger partial charge in [-0.25, -0.2) is 0 Å². The maximum atomic E-state index is 2.73. The average Bonchev–Trinajstić information content (AvgIpc) is 1.57. The van der Waals surface area contributed by atoms with Gasteiger partial charge in [-0.15, -0.1) is 0 Å². The number of hydrogen-bond donors (Lipinski definition) is 0. The van der Waals surface area contributed by atoms with Crippen LogP contribution in [0.1, 0.15) is 180 Å². The largest absolute Gasteiger partial charge is 0.334 e. The zero-order valence-electron chi connectivity index (χ0n) is 66.0. The number of fused-ring (bicyclic) bond motifs is 18. The first-order chi connectivity index (χ1) is 53.1. The Hall–Kier alpha value is -10.4. The monoisotopic (exact) mass is 1430 g/mol. The van der Waals surface area contributed by atoms with E-state index in [9.17, 15) is 0 Å². The van der Waals surface area contributed by atoms with Crippen LogP contribution in [0.5, 0.6) is 0 Å². The van der Waals surface area contributed by atoms with E-state index in [0.717, 1.165) is 0 Å². The van der Waals surface area contributed by atoms with Gasteiger partial charge in [0.15, 0.2) is 0 Å². The second-order valence-corrected chi connectivity index (χ2v) is 38.4. The van der Waals surface area contributed by atoms with Crippen LogP contribution in [-0.4, -0.2) is 22.2 Å². The normalized spacial score (nSPS) is 26.1. The van der Waals surface area contributed by atoms with Crippen LogP contribution < -0.4 is 19.6 Å². The van der Waals surface area contributed by atoms with Gasteiger partial charge in [0, 0.05) is 69.2 Å². The fourth-order valence-corrected chi connectivity index (χ4v) is 25.8. The lowest BCUT2D eigenvalue weighted by molar-refractivity contribution is 0.222. The molecule has 4 aliphatic carbocycles. The number of para-hydroxylation sites is 4. The van der Waals surface area contributed by atoms with Gasteiger partial charge in [0.05, 0.1) is 22.2 Å². The van der Waals surface area contributed by atoms with Gasteiger partial charge >= 0.3 is 0 Å². The topological polar surface area (TPSA) is 13.0 Å². The summed E-state index contributed by atoms with van der Waals surface area (Å²) in [7, 11) is 0. The van der Waals surface area contributed by atoms with E-state index < -0.39 is 0 Å². The van der Waals surface area contributed by atoms with E-state index in [1.54, 1.807) is 0 Å². The van der Waals surface area contributed by atoms with Crippen molar-refractivity contribution in [2.45, 2.75) is 180 Å². The molecule has 8 unspecified atom stereocenters. The number of anilines is 8. The van der Waals surface area contributed by atoms with Gasteiger partial charge in [0.25, 0.3) is 0 Å². The molecule has 4 saturated carbocycles. The lowest BCUT2D eigenvalue weighted by Crippen LogP contribution is -2.50. The molecule has 542 valence electrons. The maximum Gasteiger partial charge on any atom is 0.0543 e. The molecule has 0 saturated heterocycles. The van der Waals surface area contributed by atoms with Crippen LogP contribution in [0, 0.1) is 21.7 Å². The molecule has 110 heavy (non-hydrogen) atoms. The molecule has 0 radical (unpaired) electrons. The summed E-state index contributed by atoms with van der Waals surface area (Å²) in [6.45, 7) is 30.5.